The summed E-state index contributed by atoms with van der Waals surface area (Å²) in [6, 6.07) is 23.0. The summed E-state index contributed by atoms with van der Waals surface area (Å²) in [5, 5.41) is 10.3. The Labute approximate surface area is 163 Å². The molecule has 0 fully saturated rings. The van der Waals surface area contributed by atoms with Crippen molar-refractivity contribution in [3.05, 3.63) is 88.9 Å². The summed E-state index contributed by atoms with van der Waals surface area (Å²) in [5.41, 5.74) is 4.83. The molecule has 0 unspecified atom stereocenters. The van der Waals surface area contributed by atoms with E-state index in [4.69, 9.17) is 11.6 Å². The summed E-state index contributed by atoms with van der Waals surface area (Å²) in [7, 11) is 0. The maximum Gasteiger partial charge on any atom is 0.416 e. The average molecular weight is 379 g/mol. The number of rotatable bonds is 4. The van der Waals surface area contributed by atoms with Gasteiger partial charge in [-0.1, -0.05) is 41.9 Å². The normalized spacial score (nSPS) is 12.7. The van der Waals surface area contributed by atoms with E-state index in [9.17, 15) is 9.90 Å². The quantitative estimate of drug-likeness (QED) is 0.631. The Hall–Kier alpha value is -2.98. The molecular formula is C22H19ClN2O2. The lowest BCUT2D eigenvalue weighted by Gasteiger charge is -2.22. The monoisotopic (exact) mass is 378 g/mol. The molecule has 5 heteroatoms. The lowest BCUT2D eigenvalue weighted by Crippen LogP contribution is -2.23. The lowest BCUT2D eigenvalue weighted by atomic mass is 10.1. The van der Waals surface area contributed by atoms with E-state index in [0.29, 0.717) is 16.4 Å². The van der Waals surface area contributed by atoms with Crippen molar-refractivity contribution < 1.29 is 9.90 Å². The minimum absolute atomic E-state index is 0.575. The fraction of sp³-hybridized carbons (Fsp3) is 0.136. The summed E-state index contributed by atoms with van der Waals surface area (Å²) in [5.74, 6) is 0. The molecular weight excluding hydrogens is 360 g/mol. The van der Waals surface area contributed by atoms with E-state index in [1.54, 1.807) is 24.3 Å². The van der Waals surface area contributed by atoms with E-state index in [2.05, 4.69) is 17.0 Å². The highest BCUT2D eigenvalue weighted by Gasteiger charge is 2.23. The van der Waals surface area contributed by atoms with Gasteiger partial charge < -0.3 is 10.0 Å². The number of hydrogen-bond acceptors (Lipinski definition) is 2. The second-order valence-electron chi connectivity index (χ2n) is 6.56. The second kappa shape index (κ2) is 7.33. The Bertz CT molecular complexity index is 958. The van der Waals surface area contributed by atoms with Crippen molar-refractivity contribution in [3.8, 4) is 0 Å². The van der Waals surface area contributed by atoms with Crippen LogP contribution < -0.4 is 9.80 Å². The first-order valence-electron chi connectivity index (χ1n) is 8.82. The van der Waals surface area contributed by atoms with Crippen molar-refractivity contribution in [1.82, 2.24) is 0 Å². The van der Waals surface area contributed by atoms with Crippen LogP contribution in [0.3, 0.4) is 0 Å². The van der Waals surface area contributed by atoms with E-state index >= 15 is 0 Å². The first-order valence-corrected chi connectivity index (χ1v) is 9.20. The molecule has 1 aliphatic rings. The predicted molar refractivity (Wildman–Crippen MR) is 109 cm³/mol. The molecule has 0 aliphatic carbocycles. The number of nitrogens with zero attached hydrogens (tertiary/aromatic N) is 2. The third kappa shape index (κ3) is 3.62. The molecule has 4 nitrogen and oxygen atoms in total. The topological polar surface area (TPSA) is 43.8 Å². The van der Waals surface area contributed by atoms with E-state index in [0.717, 1.165) is 19.5 Å². The van der Waals surface area contributed by atoms with Gasteiger partial charge in [0.25, 0.3) is 0 Å². The lowest BCUT2D eigenvalue weighted by molar-refractivity contribution is 0.205. The number of benzene rings is 3. The smallest absolute Gasteiger partial charge is 0.416 e. The fourth-order valence-corrected chi connectivity index (χ4v) is 3.65. The molecule has 0 saturated heterocycles. The Morgan fingerprint density at radius 1 is 1.00 bits per heavy atom. The fourth-order valence-electron chi connectivity index (χ4n) is 3.52. The molecule has 136 valence electrons. The number of amides is 1. The van der Waals surface area contributed by atoms with Crippen LogP contribution in [-0.2, 0) is 13.0 Å². The minimum Gasteiger partial charge on any atom is -0.464 e. The Morgan fingerprint density at radius 2 is 1.70 bits per heavy atom. The van der Waals surface area contributed by atoms with Crippen LogP contribution in [0.4, 0.5) is 21.9 Å². The van der Waals surface area contributed by atoms with E-state index in [1.165, 1.54) is 21.7 Å². The van der Waals surface area contributed by atoms with Gasteiger partial charge in [0.15, 0.2) is 0 Å². The SMILES string of the molecule is O=C(O)N(c1ccc(Cl)cc1)c1ccc2c(c1)CCN2Cc1ccccc1. The summed E-state index contributed by atoms with van der Waals surface area (Å²) < 4.78 is 0. The summed E-state index contributed by atoms with van der Waals surface area (Å²) >= 11 is 5.93. The molecule has 1 heterocycles. The van der Waals surface area contributed by atoms with Crippen LogP contribution in [0.25, 0.3) is 0 Å². The summed E-state index contributed by atoms with van der Waals surface area (Å²) in [4.78, 5) is 15.5. The predicted octanol–water partition coefficient (Wildman–Crippen LogP) is 5.72. The zero-order valence-corrected chi connectivity index (χ0v) is 15.4. The zero-order chi connectivity index (χ0) is 18.8. The molecule has 0 aromatic heterocycles. The number of carbonyl (C=O) groups is 1. The average Bonchev–Trinajstić information content (AvgIpc) is 3.06. The van der Waals surface area contributed by atoms with Crippen molar-refractivity contribution >= 4 is 34.8 Å². The van der Waals surface area contributed by atoms with Crippen LogP contribution in [0, 0.1) is 0 Å². The van der Waals surface area contributed by atoms with Gasteiger partial charge in [-0.3, -0.25) is 0 Å². The highest BCUT2D eigenvalue weighted by Crippen LogP contribution is 2.35. The van der Waals surface area contributed by atoms with Crippen molar-refractivity contribution in [2.24, 2.45) is 0 Å². The van der Waals surface area contributed by atoms with Crippen LogP contribution >= 0.6 is 11.6 Å². The van der Waals surface area contributed by atoms with Crippen LogP contribution in [0.2, 0.25) is 5.02 Å². The Morgan fingerprint density at radius 3 is 2.41 bits per heavy atom. The molecule has 1 aliphatic heterocycles. The van der Waals surface area contributed by atoms with Gasteiger partial charge in [0.05, 0.1) is 11.4 Å². The van der Waals surface area contributed by atoms with E-state index in [-0.39, 0.29) is 0 Å². The van der Waals surface area contributed by atoms with Gasteiger partial charge in [0.1, 0.15) is 0 Å². The molecule has 3 aromatic rings. The Kier molecular flexibility index (Phi) is 4.73. The van der Waals surface area contributed by atoms with Crippen LogP contribution in [0.15, 0.2) is 72.8 Å². The summed E-state index contributed by atoms with van der Waals surface area (Å²) in [6.45, 7) is 1.79. The van der Waals surface area contributed by atoms with Gasteiger partial charge in [-0.2, -0.15) is 0 Å². The number of halogens is 1. The first kappa shape index (κ1) is 17.4. The maximum absolute atomic E-state index is 11.9. The molecule has 3 aromatic carbocycles. The van der Waals surface area contributed by atoms with Crippen molar-refractivity contribution in [3.63, 3.8) is 0 Å². The molecule has 27 heavy (non-hydrogen) atoms. The van der Waals surface area contributed by atoms with E-state index < -0.39 is 6.09 Å². The Balaban J connectivity index is 1.62. The van der Waals surface area contributed by atoms with Crippen LogP contribution in [0.1, 0.15) is 11.1 Å². The van der Waals surface area contributed by atoms with Crippen molar-refractivity contribution in [2.75, 3.05) is 16.3 Å². The molecule has 0 spiro atoms. The van der Waals surface area contributed by atoms with Crippen molar-refractivity contribution in [2.45, 2.75) is 13.0 Å². The second-order valence-corrected chi connectivity index (χ2v) is 7.00. The molecule has 0 bridgehead atoms. The molecule has 0 saturated carbocycles. The van der Waals surface area contributed by atoms with Crippen LogP contribution in [-0.4, -0.2) is 17.7 Å². The molecule has 1 N–H and O–H groups in total. The van der Waals surface area contributed by atoms with Crippen molar-refractivity contribution in [1.29, 1.82) is 0 Å². The highest BCUT2D eigenvalue weighted by molar-refractivity contribution is 6.30. The third-order valence-electron chi connectivity index (χ3n) is 4.81. The van der Waals surface area contributed by atoms with Gasteiger partial charge in [-0.05, 0) is 60.0 Å². The number of carboxylic acid groups (broad SMARTS) is 1. The molecule has 0 radical (unpaired) electrons. The van der Waals surface area contributed by atoms with Gasteiger partial charge in [0, 0.05) is 23.8 Å². The summed E-state index contributed by atoms with van der Waals surface area (Å²) in [6.07, 6.45) is -0.110. The number of fused-ring (bicyclic) bond motifs is 1. The maximum atomic E-state index is 11.9. The molecule has 4 rings (SSSR count). The van der Waals surface area contributed by atoms with Crippen LogP contribution in [0.5, 0.6) is 0 Å². The largest absolute Gasteiger partial charge is 0.464 e. The molecule has 0 atom stereocenters. The van der Waals surface area contributed by atoms with Gasteiger partial charge >= 0.3 is 6.09 Å². The van der Waals surface area contributed by atoms with Gasteiger partial charge in [-0.15, -0.1) is 0 Å². The molecule has 1 amide bonds. The number of anilines is 3. The third-order valence-corrected chi connectivity index (χ3v) is 5.06. The zero-order valence-electron chi connectivity index (χ0n) is 14.7. The number of hydrogen-bond donors (Lipinski definition) is 1. The minimum atomic E-state index is -1.02. The first-order chi connectivity index (χ1) is 13.1. The van der Waals surface area contributed by atoms with E-state index in [1.807, 2.05) is 36.4 Å². The highest BCUT2D eigenvalue weighted by atomic mass is 35.5. The standard InChI is InChI=1S/C22H19ClN2O2/c23-18-6-8-19(9-7-18)25(22(26)27)20-10-11-21-17(14-20)12-13-24(21)15-16-4-2-1-3-5-16/h1-11,14H,12-13,15H2,(H,26,27). The van der Waals surface area contributed by atoms with Gasteiger partial charge in [0.2, 0.25) is 0 Å². The van der Waals surface area contributed by atoms with Gasteiger partial charge in [-0.25, -0.2) is 9.69 Å².